The van der Waals surface area contributed by atoms with Crippen LogP contribution in [0.1, 0.15) is 40.0 Å². The maximum absolute atomic E-state index is 11.8. The average molecular weight is 229 g/mol. The van der Waals surface area contributed by atoms with Crippen LogP contribution in [0.4, 0.5) is 0 Å². The number of methoxy groups -OCH3 is 1. The minimum atomic E-state index is -0.306. The van der Waals surface area contributed by atoms with E-state index in [9.17, 15) is 4.79 Å². The fourth-order valence-electron chi connectivity index (χ4n) is 1.56. The van der Waals surface area contributed by atoms with Crippen molar-refractivity contribution >= 4 is 5.97 Å². The number of carbonyl (C=O) groups excluding carboxylic acids is 1. The Balaban J connectivity index is 2.51. The summed E-state index contributed by atoms with van der Waals surface area (Å²) in [6.45, 7) is 6.21. The van der Waals surface area contributed by atoms with E-state index in [4.69, 9.17) is 9.47 Å². The molecule has 1 aliphatic carbocycles. The summed E-state index contributed by atoms with van der Waals surface area (Å²) >= 11 is 0. The summed E-state index contributed by atoms with van der Waals surface area (Å²) in [6, 6.07) is 0.240. The summed E-state index contributed by atoms with van der Waals surface area (Å²) in [5.74, 6) is -0.167. The Morgan fingerprint density at radius 2 is 2.12 bits per heavy atom. The highest BCUT2D eigenvalue weighted by Crippen LogP contribution is 2.23. The van der Waals surface area contributed by atoms with E-state index >= 15 is 0 Å². The van der Waals surface area contributed by atoms with Gasteiger partial charge in [-0.25, -0.2) is 0 Å². The Morgan fingerprint density at radius 3 is 2.56 bits per heavy atom. The van der Waals surface area contributed by atoms with Gasteiger partial charge in [0, 0.05) is 19.6 Å². The van der Waals surface area contributed by atoms with Crippen LogP contribution in [0.15, 0.2) is 0 Å². The zero-order chi connectivity index (χ0) is 12.2. The van der Waals surface area contributed by atoms with Crippen molar-refractivity contribution in [1.29, 1.82) is 0 Å². The van der Waals surface area contributed by atoms with Crippen LogP contribution < -0.4 is 5.32 Å². The first kappa shape index (κ1) is 13.5. The molecule has 1 rings (SSSR count). The standard InChI is InChI=1S/C12H23NO3/c1-5-16-11(14)10(13-9-6-7-9)8-12(2,3)15-4/h9-10,13H,5-8H2,1-4H3. The zero-order valence-corrected chi connectivity index (χ0v) is 10.7. The Labute approximate surface area is 97.7 Å². The Morgan fingerprint density at radius 1 is 1.50 bits per heavy atom. The molecule has 1 unspecified atom stereocenters. The highest BCUT2D eigenvalue weighted by molar-refractivity contribution is 5.76. The second-order valence-corrected chi connectivity index (χ2v) is 4.91. The number of hydrogen-bond donors (Lipinski definition) is 1. The molecule has 4 nitrogen and oxygen atoms in total. The van der Waals surface area contributed by atoms with E-state index in [1.807, 2.05) is 20.8 Å². The molecule has 4 heteroatoms. The van der Waals surface area contributed by atoms with E-state index in [0.29, 0.717) is 19.1 Å². The van der Waals surface area contributed by atoms with Gasteiger partial charge in [0.1, 0.15) is 6.04 Å². The quantitative estimate of drug-likeness (QED) is 0.672. The number of ether oxygens (including phenoxy) is 2. The van der Waals surface area contributed by atoms with Crippen LogP contribution in [0.25, 0.3) is 0 Å². The number of rotatable bonds is 7. The lowest BCUT2D eigenvalue weighted by Gasteiger charge is -2.28. The number of carbonyl (C=O) groups is 1. The van der Waals surface area contributed by atoms with E-state index in [0.717, 1.165) is 12.8 Å². The van der Waals surface area contributed by atoms with Gasteiger partial charge in [0.15, 0.2) is 0 Å². The van der Waals surface area contributed by atoms with Crippen molar-refractivity contribution in [1.82, 2.24) is 5.32 Å². The van der Waals surface area contributed by atoms with Crippen LogP contribution in [0.2, 0.25) is 0 Å². The van der Waals surface area contributed by atoms with Gasteiger partial charge in [-0.05, 0) is 33.6 Å². The van der Waals surface area contributed by atoms with Crippen LogP contribution in [-0.4, -0.2) is 37.4 Å². The lowest BCUT2D eigenvalue weighted by atomic mass is 9.98. The molecule has 16 heavy (non-hydrogen) atoms. The minimum absolute atomic E-state index is 0.167. The second-order valence-electron chi connectivity index (χ2n) is 4.91. The van der Waals surface area contributed by atoms with Crippen molar-refractivity contribution in [2.24, 2.45) is 0 Å². The van der Waals surface area contributed by atoms with Gasteiger partial charge < -0.3 is 14.8 Å². The average Bonchev–Trinajstić information content (AvgIpc) is 3.01. The van der Waals surface area contributed by atoms with Gasteiger partial charge in [0.25, 0.3) is 0 Å². The molecule has 0 bridgehead atoms. The van der Waals surface area contributed by atoms with E-state index in [1.54, 1.807) is 7.11 Å². The third-order valence-corrected chi connectivity index (χ3v) is 2.83. The molecule has 0 radical (unpaired) electrons. The van der Waals surface area contributed by atoms with Crippen molar-refractivity contribution < 1.29 is 14.3 Å². The molecule has 0 amide bonds. The summed E-state index contributed by atoms with van der Waals surface area (Å²) < 4.78 is 10.4. The second kappa shape index (κ2) is 5.64. The lowest BCUT2D eigenvalue weighted by molar-refractivity contribution is -0.147. The smallest absolute Gasteiger partial charge is 0.323 e. The SMILES string of the molecule is CCOC(=O)C(CC(C)(C)OC)NC1CC1. The Bertz CT molecular complexity index is 236. The molecule has 1 N–H and O–H groups in total. The molecule has 0 saturated heterocycles. The first-order valence-electron chi connectivity index (χ1n) is 5.96. The molecule has 0 aromatic heterocycles. The van der Waals surface area contributed by atoms with Gasteiger partial charge in [0.2, 0.25) is 0 Å². The van der Waals surface area contributed by atoms with Crippen molar-refractivity contribution in [3.05, 3.63) is 0 Å². The van der Waals surface area contributed by atoms with Crippen LogP contribution in [0, 0.1) is 0 Å². The van der Waals surface area contributed by atoms with Crippen molar-refractivity contribution in [2.45, 2.75) is 57.7 Å². The van der Waals surface area contributed by atoms with E-state index in [2.05, 4.69) is 5.32 Å². The summed E-state index contributed by atoms with van der Waals surface area (Å²) in [5.41, 5.74) is -0.306. The summed E-state index contributed by atoms with van der Waals surface area (Å²) in [5, 5.41) is 3.31. The van der Waals surface area contributed by atoms with Gasteiger partial charge in [0.05, 0.1) is 12.2 Å². The van der Waals surface area contributed by atoms with Gasteiger partial charge in [-0.1, -0.05) is 0 Å². The zero-order valence-electron chi connectivity index (χ0n) is 10.7. The van der Waals surface area contributed by atoms with Crippen LogP contribution >= 0.6 is 0 Å². The summed E-state index contributed by atoms with van der Waals surface area (Å²) in [6.07, 6.45) is 2.95. The molecule has 1 fully saturated rings. The van der Waals surface area contributed by atoms with E-state index < -0.39 is 0 Å². The first-order chi connectivity index (χ1) is 7.48. The van der Waals surface area contributed by atoms with Crippen molar-refractivity contribution in [3.8, 4) is 0 Å². The van der Waals surface area contributed by atoms with E-state index in [1.165, 1.54) is 0 Å². The fourth-order valence-corrected chi connectivity index (χ4v) is 1.56. The fraction of sp³-hybridized carbons (Fsp3) is 0.917. The molecule has 1 atom stereocenters. The predicted molar refractivity (Wildman–Crippen MR) is 62.3 cm³/mol. The lowest BCUT2D eigenvalue weighted by Crippen LogP contribution is -2.44. The number of esters is 1. The molecule has 0 aromatic carbocycles. The topological polar surface area (TPSA) is 47.6 Å². The molecule has 1 saturated carbocycles. The molecule has 94 valence electrons. The van der Waals surface area contributed by atoms with Crippen LogP contribution in [0.3, 0.4) is 0 Å². The molecule has 0 heterocycles. The summed E-state index contributed by atoms with van der Waals surface area (Å²) in [4.78, 5) is 11.8. The molecule has 1 aliphatic rings. The Hall–Kier alpha value is -0.610. The number of nitrogens with one attached hydrogen (secondary N) is 1. The highest BCUT2D eigenvalue weighted by atomic mass is 16.5. The van der Waals surface area contributed by atoms with Gasteiger partial charge >= 0.3 is 5.97 Å². The number of hydrogen-bond acceptors (Lipinski definition) is 4. The molecule has 0 aromatic rings. The molecule has 0 spiro atoms. The van der Waals surface area contributed by atoms with Crippen molar-refractivity contribution in [2.75, 3.05) is 13.7 Å². The molecule has 0 aliphatic heterocycles. The first-order valence-corrected chi connectivity index (χ1v) is 5.96. The molecular formula is C12H23NO3. The minimum Gasteiger partial charge on any atom is -0.465 e. The highest BCUT2D eigenvalue weighted by Gasteiger charge is 2.33. The van der Waals surface area contributed by atoms with Gasteiger partial charge in [-0.15, -0.1) is 0 Å². The third-order valence-electron chi connectivity index (χ3n) is 2.83. The predicted octanol–water partition coefficient (Wildman–Crippen LogP) is 1.49. The van der Waals surface area contributed by atoms with Gasteiger partial charge in [-0.2, -0.15) is 0 Å². The normalized spacial score (nSPS) is 18.2. The van der Waals surface area contributed by atoms with Crippen LogP contribution in [0.5, 0.6) is 0 Å². The largest absolute Gasteiger partial charge is 0.465 e. The van der Waals surface area contributed by atoms with E-state index in [-0.39, 0.29) is 17.6 Å². The Kier molecular flexibility index (Phi) is 4.74. The molecular weight excluding hydrogens is 206 g/mol. The third kappa shape index (κ3) is 4.49. The monoisotopic (exact) mass is 229 g/mol. The maximum atomic E-state index is 11.8. The summed E-state index contributed by atoms with van der Waals surface area (Å²) in [7, 11) is 1.67. The van der Waals surface area contributed by atoms with Crippen LogP contribution in [-0.2, 0) is 14.3 Å². The van der Waals surface area contributed by atoms with Gasteiger partial charge in [-0.3, -0.25) is 4.79 Å². The maximum Gasteiger partial charge on any atom is 0.323 e. The van der Waals surface area contributed by atoms with Crippen molar-refractivity contribution in [3.63, 3.8) is 0 Å².